The van der Waals surface area contributed by atoms with E-state index in [0.29, 0.717) is 5.56 Å². The van der Waals surface area contributed by atoms with Gasteiger partial charge in [0.05, 0.1) is 12.7 Å². The van der Waals surface area contributed by atoms with Gasteiger partial charge in [0.2, 0.25) is 0 Å². The second kappa shape index (κ2) is 6.05. The van der Waals surface area contributed by atoms with Crippen LogP contribution < -0.4 is 4.74 Å². The highest BCUT2D eigenvalue weighted by molar-refractivity contribution is 5.89. The fraction of sp³-hybridized carbons (Fsp3) is 0.188. The molecule has 0 bridgehead atoms. The molecule has 0 aromatic heterocycles. The van der Waals surface area contributed by atoms with Crippen LogP contribution in [0, 0.1) is 6.92 Å². The third kappa shape index (κ3) is 3.35. The number of aryl methyl sites for hydroxylation is 1. The first-order valence-electron chi connectivity index (χ1n) is 6.06. The molecule has 0 aliphatic heterocycles. The maximum absolute atomic E-state index is 11.9. The van der Waals surface area contributed by atoms with Gasteiger partial charge in [0.15, 0.2) is 0 Å². The summed E-state index contributed by atoms with van der Waals surface area (Å²) in [6, 6.07) is 14.8. The van der Waals surface area contributed by atoms with E-state index in [2.05, 4.69) is 0 Å². The third-order valence-electron chi connectivity index (χ3n) is 2.81. The molecule has 2 aromatic carbocycles. The number of rotatable bonds is 4. The maximum atomic E-state index is 11.9. The maximum Gasteiger partial charge on any atom is 0.338 e. The second-order valence-electron chi connectivity index (χ2n) is 4.26. The van der Waals surface area contributed by atoms with Gasteiger partial charge in [0.25, 0.3) is 0 Å². The zero-order valence-corrected chi connectivity index (χ0v) is 11.1. The van der Waals surface area contributed by atoms with Gasteiger partial charge in [-0.25, -0.2) is 4.79 Å². The molecular weight excluding hydrogens is 240 g/mol. The zero-order chi connectivity index (χ0) is 13.7. The van der Waals surface area contributed by atoms with Gasteiger partial charge in [-0.1, -0.05) is 35.9 Å². The Hall–Kier alpha value is -2.29. The molecule has 0 amide bonds. The van der Waals surface area contributed by atoms with Gasteiger partial charge >= 0.3 is 5.97 Å². The van der Waals surface area contributed by atoms with Crippen molar-refractivity contribution in [1.29, 1.82) is 0 Å². The summed E-state index contributed by atoms with van der Waals surface area (Å²) >= 11 is 0. The summed E-state index contributed by atoms with van der Waals surface area (Å²) < 4.78 is 10.5. The highest BCUT2D eigenvalue weighted by atomic mass is 16.5. The molecule has 0 saturated heterocycles. The molecule has 0 aliphatic carbocycles. The van der Waals surface area contributed by atoms with E-state index in [9.17, 15) is 4.79 Å². The lowest BCUT2D eigenvalue weighted by molar-refractivity contribution is 0.0470. The normalized spacial score (nSPS) is 10.0. The van der Waals surface area contributed by atoms with Crippen molar-refractivity contribution in [3.63, 3.8) is 0 Å². The Balaban J connectivity index is 2.04. The molecule has 0 N–H and O–H groups in total. The molecule has 0 atom stereocenters. The predicted octanol–water partition coefficient (Wildman–Crippen LogP) is 3.36. The summed E-state index contributed by atoms with van der Waals surface area (Å²) in [5.74, 6) is 0.397. The summed E-state index contributed by atoms with van der Waals surface area (Å²) in [5, 5.41) is 0. The molecule has 0 heterocycles. The van der Waals surface area contributed by atoms with Gasteiger partial charge in [-0.15, -0.1) is 0 Å². The van der Waals surface area contributed by atoms with Crippen molar-refractivity contribution in [2.75, 3.05) is 7.11 Å². The number of hydrogen-bond donors (Lipinski definition) is 0. The number of hydrogen-bond acceptors (Lipinski definition) is 3. The summed E-state index contributed by atoms with van der Waals surface area (Å²) in [4.78, 5) is 11.9. The largest absolute Gasteiger partial charge is 0.496 e. The molecule has 0 aliphatic rings. The summed E-state index contributed by atoms with van der Waals surface area (Å²) in [6.45, 7) is 2.15. The predicted molar refractivity (Wildman–Crippen MR) is 73.3 cm³/mol. The number of methoxy groups -OCH3 is 1. The van der Waals surface area contributed by atoms with Crippen LogP contribution in [0.5, 0.6) is 5.75 Å². The minimum atomic E-state index is -0.324. The highest BCUT2D eigenvalue weighted by Gasteiger charge is 2.09. The van der Waals surface area contributed by atoms with Crippen molar-refractivity contribution in [3.05, 3.63) is 65.2 Å². The van der Waals surface area contributed by atoms with E-state index in [4.69, 9.17) is 9.47 Å². The number of esters is 1. The van der Waals surface area contributed by atoms with Crippen LogP contribution in [-0.4, -0.2) is 13.1 Å². The Kier molecular flexibility index (Phi) is 4.18. The molecule has 0 spiro atoms. The van der Waals surface area contributed by atoms with E-state index < -0.39 is 0 Å². The smallest absolute Gasteiger partial charge is 0.338 e. The number of benzene rings is 2. The monoisotopic (exact) mass is 256 g/mol. The molecule has 3 heteroatoms. The second-order valence-corrected chi connectivity index (χ2v) is 4.26. The fourth-order valence-corrected chi connectivity index (χ4v) is 1.82. The first-order valence-corrected chi connectivity index (χ1v) is 6.06. The van der Waals surface area contributed by atoms with E-state index in [1.165, 1.54) is 0 Å². The SMILES string of the molecule is COc1ccccc1COC(=O)c1cccc(C)c1. The number of carbonyl (C=O) groups excluding carboxylic acids is 1. The first kappa shape index (κ1) is 13.1. The van der Waals surface area contributed by atoms with Crippen LogP contribution in [0.2, 0.25) is 0 Å². The minimum Gasteiger partial charge on any atom is -0.496 e. The van der Waals surface area contributed by atoms with E-state index in [-0.39, 0.29) is 12.6 Å². The molecule has 0 radical (unpaired) electrons. The molecule has 19 heavy (non-hydrogen) atoms. The van der Waals surface area contributed by atoms with Crippen molar-refractivity contribution >= 4 is 5.97 Å². The van der Waals surface area contributed by atoms with Crippen LogP contribution in [0.15, 0.2) is 48.5 Å². The Bertz CT molecular complexity index is 576. The Morgan fingerprint density at radius 2 is 1.89 bits per heavy atom. The zero-order valence-electron chi connectivity index (χ0n) is 11.1. The van der Waals surface area contributed by atoms with Gasteiger partial charge in [-0.3, -0.25) is 0 Å². The molecule has 3 nitrogen and oxygen atoms in total. The highest BCUT2D eigenvalue weighted by Crippen LogP contribution is 2.18. The number of carbonyl (C=O) groups is 1. The van der Waals surface area contributed by atoms with E-state index >= 15 is 0 Å². The molecule has 0 saturated carbocycles. The molecule has 0 fully saturated rings. The van der Waals surface area contributed by atoms with E-state index in [1.54, 1.807) is 13.2 Å². The fourth-order valence-electron chi connectivity index (χ4n) is 1.82. The van der Waals surface area contributed by atoms with Crippen LogP contribution in [-0.2, 0) is 11.3 Å². The van der Waals surface area contributed by atoms with Gasteiger partial charge in [-0.05, 0) is 25.1 Å². The molecule has 0 unspecified atom stereocenters. The Morgan fingerprint density at radius 3 is 2.63 bits per heavy atom. The van der Waals surface area contributed by atoms with Gasteiger partial charge in [0.1, 0.15) is 12.4 Å². The summed E-state index contributed by atoms with van der Waals surface area (Å²) in [7, 11) is 1.60. The topological polar surface area (TPSA) is 35.5 Å². The van der Waals surface area contributed by atoms with Gasteiger partial charge in [0, 0.05) is 5.56 Å². The van der Waals surface area contributed by atoms with Crippen LogP contribution >= 0.6 is 0 Å². The van der Waals surface area contributed by atoms with Crippen molar-refractivity contribution in [3.8, 4) is 5.75 Å². The van der Waals surface area contributed by atoms with E-state index in [0.717, 1.165) is 16.9 Å². The van der Waals surface area contributed by atoms with Crippen molar-refractivity contribution in [1.82, 2.24) is 0 Å². The molecular formula is C16H16O3. The molecule has 2 rings (SSSR count). The number of para-hydroxylation sites is 1. The molecule has 2 aromatic rings. The Morgan fingerprint density at radius 1 is 1.11 bits per heavy atom. The van der Waals surface area contributed by atoms with Crippen molar-refractivity contribution in [2.24, 2.45) is 0 Å². The van der Waals surface area contributed by atoms with E-state index in [1.807, 2.05) is 49.4 Å². The standard InChI is InChI=1S/C16H16O3/c1-12-6-5-8-13(10-12)16(17)19-11-14-7-3-4-9-15(14)18-2/h3-10H,11H2,1-2H3. The van der Waals surface area contributed by atoms with Crippen LogP contribution in [0.1, 0.15) is 21.5 Å². The molecule has 98 valence electrons. The first-order chi connectivity index (χ1) is 9.20. The lowest BCUT2D eigenvalue weighted by Gasteiger charge is -2.09. The van der Waals surface area contributed by atoms with Crippen molar-refractivity contribution in [2.45, 2.75) is 13.5 Å². The van der Waals surface area contributed by atoms with Crippen molar-refractivity contribution < 1.29 is 14.3 Å². The summed E-state index contributed by atoms with van der Waals surface area (Å²) in [6.07, 6.45) is 0. The third-order valence-corrected chi connectivity index (χ3v) is 2.81. The average molecular weight is 256 g/mol. The van der Waals surface area contributed by atoms with Crippen LogP contribution in [0.3, 0.4) is 0 Å². The van der Waals surface area contributed by atoms with Crippen LogP contribution in [0.4, 0.5) is 0 Å². The average Bonchev–Trinajstić information content (AvgIpc) is 2.45. The number of ether oxygens (including phenoxy) is 2. The Labute approximate surface area is 112 Å². The summed E-state index contributed by atoms with van der Waals surface area (Å²) in [5.41, 5.74) is 2.45. The minimum absolute atomic E-state index is 0.205. The lowest BCUT2D eigenvalue weighted by Crippen LogP contribution is -2.06. The van der Waals surface area contributed by atoms with Crippen LogP contribution in [0.25, 0.3) is 0 Å². The van der Waals surface area contributed by atoms with Gasteiger partial charge in [-0.2, -0.15) is 0 Å². The quantitative estimate of drug-likeness (QED) is 0.787. The van der Waals surface area contributed by atoms with Gasteiger partial charge < -0.3 is 9.47 Å². The lowest BCUT2D eigenvalue weighted by atomic mass is 10.1.